The minimum absolute atomic E-state index is 0.0985. The van der Waals surface area contributed by atoms with Crippen molar-refractivity contribution in [1.29, 1.82) is 0 Å². The summed E-state index contributed by atoms with van der Waals surface area (Å²) in [6.07, 6.45) is 1.38. The van der Waals surface area contributed by atoms with Crippen molar-refractivity contribution in [3.05, 3.63) is 28.9 Å². The van der Waals surface area contributed by atoms with Crippen molar-refractivity contribution < 1.29 is 13.0 Å². The van der Waals surface area contributed by atoms with E-state index in [4.69, 9.17) is 33.7 Å². The minimum atomic E-state index is -4.36. The molecule has 0 saturated carbocycles. The Morgan fingerprint density at radius 1 is 1.42 bits per heavy atom. The molecule has 1 aliphatic rings. The lowest BCUT2D eigenvalue weighted by Gasteiger charge is -2.18. The van der Waals surface area contributed by atoms with Crippen LogP contribution in [0.3, 0.4) is 0 Å². The van der Waals surface area contributed by atoms with Gasteiger partial charge >= 0.3 is 0 Å². The van der Waals surface area contributed by atoms with Crippen LogP contribution < -0.4 is 11.2 Å². The van der Waals surface area contributed by atoms with Crippen LogP contribution in [0, 0.1) is 0 Å². The molecule has 10 heteroatoms. The highest BCUT2D eigenvalue weighted by Crippen LogP contribution is 2.27. The van der Waals surface area contributed by atoms with Gasteiger partial charge in [-0.05, 0) is 17.7 Å². The van der Waals surface area contributed by atoms with Crippen molar-refractivity contribution >= 4 is 51.0 Å². The highest BCUT2D eigenvalue weighted by atomic mass is 35.5. The number of allylic oxidation sites excluding steroid dienone is 1. The number of halogens is 2. The lowest BCUT2D eigenvalue weighted by atomic mass is 10.1. The molecule has 102 valence electrons. The number of nitrogens with two attached hydrogens (primary N) is 1. The van der Waals surface area contributed by atoms with Gasteiger partial charge in [-0.3, -0.25) is 9.98 Å². The first-order valence-corrected chi connectivity index (χ1v) is 6.98. The second-order valence-electron chi connectivity index (χ2n) is 3.57. The van der Waals surface area contributed by atoms with E-state index < -0.39 is 10.1 Å². The molecule has 0 radical (unpaired) electrons. The molecule has 0 atom stereocenters. The molecule has 0 unspecified atom stereocenters. The molecule has 0 saturated heterocycles. The highest BCUT2D eigenvalue weighted by molar-refractivity contribution is 7.86. The number of nitrogens with one attached hydrogen (secondary N) is 1. The molecule has 1 aliphatic heterocycles. The third kappa shape index (κ3) is 2.92. The number of benzene rings is 1. The number of hydrazone groups is 1. The second-order valence-corrected chi connectivity index (χ2v) is 5.66. The van der Waals surface area contributed by atoms with Crippen molar-refractivity contribution in [1.82, 2.24) is 10.1 Å². The van der Waals surface area contributed by atoms with Crippen molar-refractivity contribution in [2.75, 3.05) is 5.73 Å². The van der Waals surface area contributed by atoms with Gasteiger partial charge in [-0.2, -0.15) is 8.42 Å². The van der Waals surface area contributed by atoms with Crippen LogP contribution in [0.5, 0.6) is 0 Å². The van der Waals surface area contributed by atoms with E-state index in [9.17, 15) is 8.42 Å². The fraction of sp³-hybridized carbons (Fsp3) is 0. The Morgan fingerprint density at radius 2 is 2.11 bits per heavy atom. The number of hydrogen-bond acceptors (Lipinski definition) is 6. The molecule has 19 heavy (non-hydrogen) atoms. The fourth-order valence-corrected chi connectivity index (χ4v) is 2.49. The van der Waals surface area contributed by atoms with Crippen molar-refractivity contribution in [3.8, 4) is 0 Å². The van der Waals surface area contributed by atoms with Crippen molar-refractivity contribution in [3.63, 3.8) is 0 Å². The van der Waals surface area contributed by atoms with Gasteiger partial charge in [0.2, 0.25) is 0 Å². The van der Waals surface area contributed by atoms with E-state index in [2.05, 4.69) is 10.5 Å². The molecule has 0 amide bonds. The summed E-state index contributed by atoms with van der Waals surface area (Å²) in [7, 11) is -4.36. The number of hydrazine groups is 1. The molecule has 4 N–H and O–H groups in total. The number of hydrogen-bond donors (Lipinski definition) is 3. The Kier molecular flexibility index (Phi) is 3.59. The van der Waals surface area contributed by atoms with E-state index >= 15 is 0 Å². The summed E-state index contributed by atoms with van der Waals surface area (Å²) in [5.41, 5.74) is 9.01. The van der Waals surface area contributed by atoms with Crippen LogP contribution in [0.25, 0.3) is 5.57 Å². The van der Waals surface area contributed by atoms with Gasteiger partial charge in [0.05, 0.1) is 23.7 Å². The maximum atomic E-state index is 11.0. The van der Waals surface area contributed by atoms with Crippen molar-refractivity contribution in [2.45, 2.75) is 4.90 Å². The van der Waals surface area contributed by atoms with Gasteiger partial charge < -0.3 is 5.73 Å². The van der Waals surface area contributed by atoms with Crippen LogP contribution >= 0.6 is 23.4 Å². The molecule has 0 fully saturated rings. The molecule has 0 aliphatic carbocycles. The highest BCUT2D eigenvalue weighted by Gasteiger charge is 2.17. The normalized spacial score (nSPS) is 15.6. The summed E-state index contributed by atoms with van der Waals surface area (Å²) in [5, 5.41) is 3.95. The van der Waals surface area contributed by atoms with E-state index in [1.807, 2.05) is 0 Å². The third-order valence-corrected chi connectivity index (χ3v) is 3.70. The van der Waals surface area contributed by atoms with E-state index in [0.717, 1.165) is 4.64 Å². The largest absolute Gasteiger partial charge is 0.398 e. The first-order valence-electron chi connectivity index (χ1n) is 4.83. The maximum absolute atomic E-state index is 11.0. The SMILES string of the molecule is Nc1cc(C2=C(Cl)NN(Cl)N=C2)ccc1S(=O)(=O)O. The van der Waals surface area contributed by atoms with Crippen LogP contribution in [0.2, 0.25) is 0 Å². The average Bonchev–Trinajstić information content (AvgIpc) is 2.26. The standard InChI is InChI=1S/C9H8Cl2N4O3S/c10-9-6(4-13-15(11)14-9)5-1-2-8(7(12)3-5)19(16,17)18/h1-4,14H,12H2,(H,16,17,18). The molecule has 0 spiro atoms. The van der Waals surface area contributed by atoms with Gasteiger partial charge in [-0.25, -0.2) is 0 Å². The quantitative estimate of drug-likeness (QED) is 0.328. The molecule has 0 aromatic heterocycles. The predicted molar refractivity (Wildman–Crippen MR) is 72.8 cm³/mol. The van der Waals surface area contributed by atoms with Crippen LogP contribution in [0.15, 0.2) is 33.4 Å². The van der Waals surface area contributed by atoms with Crippen LogP contribution in [0.1, 0.15) is 5.56 Å². The van der Waals surface area contributed by atoms with Gasteiger partial charge in [0.25, 0.3) is 10.1 Å². The Hall–Kier alpha value is -1.48. The summed E-state index contributed by atoms with van der Waals surface area (Å²) in [4.78, 5) is -0.368. The van der Waals surface area contributed by atoms with E-state index in [1.165, 1.54) is 24.4 Å². The van der Waals surface area contributed by atoms with Crippen LogP contribution in [-0.4, -0.2) is 23.8 Å². The zero-order chi connectivity index (χ0) is 14.2. The third-order valence-electron chi connectivity index (χ3n) is 2.31. The van der Waals surface area contributed by atoms with Crippen LogP contribution in [0.4, 0.5) is 5.69 Å². The lowest BCUT2D eigenvalue weighted by molar-refractivity contribution is 0.409. The first-order chi connectivity index (χ1) is 8.79. The molecule has 1 aromatic carbocycles. The van der Waals surface area contributed by atoms with Gasteiger partial charge in [-0.15, -0.1) is 9.74 Å². The van der Waals surface area contributed by atoms with Gasteiger partial charge in [0.1, 0.15) is 10.1 Å². The molecular weight excluding hydrogens is 315 g/mol. The monoisotopic (exact) mass is 322 g/mol. The number of rotatable bonds is 2. The number of anilines is 1. The Morgan fingerprint density at radius 3 is 2.63 bits per heavy atom. The van der Waals surface area contributed by atoms with Gasteiger partial charge in [0.15, 0.2) is 0 Å². The van der Waals surface area contributed by atoms with Crippen LogP contribution in [-0.2, 0) is 10.1 Å². The first kappa shape index (κ1) is 13.9. The Bertz CT molecular complexity index is 687. The molecule has 1 aromatic rings. The molecular formula is C9H8Cl2N4O3S. The summed E-state index contributed by atoms with van der Waals surface area (Å²) < 4.78 is 31.9. The molecule has 1 heterocycles. The number of nitrogen functional groups attached to an aromatic ring is 1. The topological polar surface area (TPSA) is 108 Å². The van der Waals surface area contributed by atoms with Crippen molar-refractivity contribution in [2.24, 2.45) is 5.10 Å². The molecule has 7 nitrogen and oxygen atoms in total. The van der Waals surface area contributed by atoms with E-state index in [-0.39, 0.29) is 15.7 Å². The predicted octanol–water partition coefficient (Wildman–Crippen LogP) is 1.38. The lowest BCUT2D eigenvalue weighted by Crippen LogP contribution is -2.26. The van der Waals surface area contributed by atoms with E-state index in [1.54, 1.807) is 0 Å². The summed E-state index contributed by atoms with van der Waals surface area (Å²) in [6.45, 7) is 0. The smallest absolute Gasteiger partial charge is 0.296 e. The number of nitrogens with zero attached hydrogens (tertiary/aromatic N) is 2. The molecule has 2 rings (SSSR count). The zero-order valence-corrected chi connectivity index (χ0v) is 11.5. The summed E-state index contributed by atoms with van der Waals surface area (Å²) >= 11 is 11.5. The maximum Gasteiger partial charge on any atom is 0.296 e. The van der Waals surface area contributed by atoms with Gasteiger partial charge in [0, 0.05) is 5.57 Å². The molecule has 0 bridgehead atoms. The Balaban J connectivity index is 2.47. The summed E-state index contributed by atoms with van der Waals surface area (Å²) in [5.74, 6) is 0. The Labute approximate surface area is 119 Å². The average molecular weight is 323 g/mol. The van der Waals surface area contributed by atoms with Gasteiger partial charge in [-0.1, -0.05) is 17.7 Å². The minimum Gasteiger partial charge on any atom is -0.398 e. The van der Waals surface area contributed by atoms with E-state index in [0.29, 0.717) is 11.1 Å². The fourth-order valence-electron chi connectivity index (χ4n) is 1.49. The summed E-state index contributed by atoms with van der Waals surface area (Å²) in [6, 6.07) is 3.98. The second kappa shape index (κ2) is 4.89. The zero-order valence-electron chi connectivity index (χ0n) is 9.21.